The smallest absolute Gasteiger partial charge is 0.325 e. The molecule has 2 heterocycles. The molecule has 5 amide bonds. The zero-order chi connectivity index (χ0) is 23.3. The third-order valence-electron chi connectivity index (χ3n) is 5.92. The van der Waals surface area contributed by atoms with Gasteiger partial charge in [-0.1, -0.05) is 12.1 Å². The van der Waals surface area contributed by atoms with E-state index in [4.69, 9.17) is 4.74 Å². The maximum atomic E-state index is 13.1. The molecule has 2 aliphatic heterocycles. The number of nitrogens with one attached hydrogen (secondary N) is 2. The number of urea groups is 1. The van der Waals surface area contributed by atoms with Crippen LogP contribution in [0.4, 0.5) is 4.79 Å². The van der Waals surface area contributed by atoms with Crippen molar-refractivity contribution in [3.05, 3.63) is 29.8 Å². The number of carbonyl (C=O) groups excluding carboxylic acids is 4. The van der Waals surface area contributed by atoms with Crippen LogP contribution in [0.3, 0.4) is 0 Å². The monoisotopic (exact) mass is 445 g/mol. The number of ether oxygens (including phenoxy) is 1. The van der Waals surface area contributed by atoms with Crippen molar-refractivity contribution in [1.82, 2.24) is 25.3 Å². The molecule has 0 radical (unpaired) electrons. The van der Waals surface area contributed by atoms with E-state index in [1.165, 1.54) is 0 Å². The molecule has 2 N–H and O–H groups in total. The Morgan fingerprint density at radius 2 is 1.81 bits per heavy atom. The molecule has 1 atom stereocenters. The fourth-order valence-corrected chi connectivity index (χ4v) is 4.03. The molecule has 1 aromatic carbocycles. The highest BCUT2D eigenvalue weighted by Gasteiger charge is 2.49. The Labute approximate surface area is 187 Å². The summed E-state index contributed by atoms with van der Waals surface area (Å²) in [5, 5.41) is 5.49. The van der Waals surface area contributed by atoms with Crippen molar-refractivity contribution in [2.24, 2.45) is 0 Å². The zero-order valence-corrected chi connectivity index (χ0v) is 18.8. The van der Waals surface area contributed by atoms with Crippen molar-refractivity contribution in [2.45, 2.75) is 25.8 Å². The van der Waals surface area contributed by atoms with E-state index >= 15 is 0 Å². The van der Waals surface area contributed by atoms with Gasteiger partial charge in [0.15, 0.2) is 0 Å². The van der Waals surface area contributed by atoms with Gasteiger partial charge in [-0.05, 0) is 38.0 Å². The molecule has 2 saturated heterocycles. The number of imide groups is 1. The van der Waals surface area contributed by atoms with Crippen molar-refractivity contribution >= 4 is 23.8 Å². The third kappa shape index (κ3) is 5.01. The van der Waals surface area contributed by atoms with Gasteiger partial charge in [0.05, 0.1) is 13.7 Å². The number of nitrogens with zero attached hydrogens (tertiary/aromatic N) is 3. The number of hydrogen-bond acceptors (Lipinski definition) is 6. The summed E-state index contributed by atoms with van der Waals surface area (Å²) in [6, 6.07) is 6.30. The van der Waals surface area contributed by atoms with Crippen molar-refractivity contribution in [3.63, 3.8) is 0 Å². The second kappa shape index (κ2) is 9.99. The fraction of sp³-hybridized carbons (Fsp3) is 0.545. The Kier molecular flexibility index (Phi) is 7.34. The highest BCUT2D eigenvalue weighted by atomic mass is 16.5. The molecule has 1 aromatic rings. The average molecular weight is 446 g/mol. The van der Waals surface area contributed by atoms with Gasteiger partial charge in [-0.3, -0.25) is 24.2 Å². The van der Waals surface area contributed by atoms with Gasteiger partial charge in [0.1, 0.15) is 17.8 Å². The van der Waals surface area contributed by atoms with E-state index in [-0.39, 0.29) is 18.4 Å². The second-order valence-corrected chi connectivity index (χ2v) is 8.14. The van der Waals surface area contributed by atoms with Gasteiger partial charge in [-0.25, -0.2) is 4.79 Å². The summed E-state index contributed by atoms with van der Waals surface area (Å²) in [5.41, 5.74) is -0.631. The van der Waals surface area contributed by atoms with Crippen molar-refractivity contribution in [3.8, 4) is 5.75 Å². The molecule has 10 heteroatoms. The SMILES string of the molecule is CCNC(=O)CN1CCCN(C(=O)CN2C(=O)NC(C)(c3ccc(OC)cc3)C2=O)CC1. The molecule has 10 nitrogen and oxygen atoms in total. The maximum absolute atomic E-state index is 13.1. The van der Waals surface area contributed by atoms with Crippen LogP contribution in [0.2, 0.25) is 0 Å². The number of benzene rings is 1. The number of hydrogen-bond donors (Lipinski definition) is 2. The van der Waals surface area contributed by atoms with Gasteiger partial charge in [0, 0.05) is 32.7 Å². The number of carbonyl (C=O) groups is 4. The Balaban J connectivity index is 1.61. The lowest BCUT2D eigenvalue weighted by molar-refractivity contribution is -0.138. The van der Waals surface area contributed by atoms with Crippen LogP contribution in [-0.4, -0.2) is 91.4 Å². The Morgan fingerprint density at radius 1 is 1.09 bits per heavy atom. The molecule has 3 rings (SSSR count). The van der Waals surface area contributed by atoms with Crippen LogP contribution in [0.1, 0.15) is 25.8 Å². The van der Waals surface area contributed by atoms with Gasteiger partial charge in [-0.2, -0.15) is 0 Å². The van der Waals surface area contributed by atoms with Gasteiger partial charge in [0.2, 0.25) is 11.8 Å². The predicted octanol–water partition coefficient (Wildman–Crippen LogP) is 0.133. The van der Waals surface area contributed by atoms with Gasteiger partial charge < -0.3 is 20.3 Å². The molecule has 0 spiro atoms. The standard InChI is InChI=1S/C22H31N5O5/c1-4-23-18(28)14-25-10-5-11-26(13-12-25)19(29)15-27-20(30)22(2,24-21(27)31)16-6-8-17(32-3)9-7-16/h6-9H,4-5,10-15H2,1-3H3,(H,23,28)(H,24,31). The molecule has 174 valence electrons. The number of likely N-dealkylation sites (N-methyl/N-ethyl adjacent to an activating group) is 1. The first-order valence-electron chi connectivity index (χ1n) is 10.8. The van der Waals surface area contributed by atoms with Crippen molar-refractivity contribution in [1.29, 1.82) is 0 Å². The molecular formula is C22H31N5O5. The van der Waals surface area contributed by atoms with E-state index < -0.39 is 17.5 Å². The minimum absolute atomic E-state index is 0.0376. The summed E-state index contributed by atoms with van der Waals surface area (Å²) < 4.78 is 5.15. The second-order valence-electron chi connectivity index (χ2n) is 8.14. The highest BCUT2D eigenvalue weighted by Crippen LogP contribution is 2.30. The van der Waals surface area contributed by atoms with Crippen LogP contribution < -0.4 is 15.4 Å². The van der Waals surface area contributed by atoms with Gasteiger partial charge in [0.25, 0.3) is 5.91 Å². The number of amides is 5. The average Bonchev–Trinajstić information content (AvgIpc) is 2.93. The van der Waals surface area contributed by atoms with E-state index in [0.717, 1.165) is 11.3 Å². The molecule has 0 saturated carbocycles. The van der Waals surface area contributed by atoms with E-state index in [1.807, 2.05) is 11.8 Å². The highest BCUT2D eigenvalue weighted by molar-refractivity contribution is 6.09. The molecule has 0 aliphatic carbocycles. The van der Waals surface area contributed by atoms with E-state index in [0.29, 0.717) is 50.6 Å². The number of rotatable bonds is 7. The summed E-state index contributed by atoms with van der Waals surface area (Å²) >= 11 is 0. The van der Waals surface area contributed by atoms with Crippen LogP contribution in [0.25, 0.3) is 0 Å². The Morgan fingerprint density at radius 3 is 2.47 bits per heavy atom. The van der Waals surface area contributed by atoms with Gasteiger partial charge >= 0.3 is 6.03 Å². The largest absolute Gasteiger partial charge is 0.497 e. The number of methoxy groups -OCH3 is 1. The Bertz CT molecular complexity index is 874. The lowest BCUT2D eigenvalue weighted by atomic mass is 9.92. The fourth-order valence-electron chi connectivity index (χ4n) is 4.03. The molecule has 0 bridgehead atoms. The quantitative estimate of drug-likeness (QED) is 0.578. The first-order valence-corrected chi connectivity index (χ1v) is 10.8. The minimum atomic E-state index is -1.24. The molecule has 32 heavy (non-hydrogen) atoms. The van der Waals surface area contributed by atoms with E-state index in [1.54, 1.807) is 43.2 Å². The van der Waals surface area contributed by atoms with E-state index in [2.05, 4.69) is 10.6 Å². The van der Waals surface area contributed by atoms with Gasteiger partial charge in [-0.15, -0.1) is 0 Å². The molecule has 2 aliphatic rings. The minimum Gasteiger partial charge on any atom is -0.497 e. The normalized spacial score (nSPS) is 21.8. The first kappa shape index (κ1) is 23.5. The summed E-state index contributed by atoms with van der Waals surface area (Å²) in [6.45, 7) is 6.29. The topological polar surface area (TPSA) is 111 Å². The molecule has 1 unspecified atom stereocenters. The van der Waals surface area contributed by atoms with Crippen molar-refractivity contribution < 1.29 is 23.9 Å². The Hall–Kier alpha value is -3.14. The van der Waals surface area contributed by atoms with Crippen LogP contribution in [0.5, 0.6) is 5.75 Å². The summed E-state index contributed by atoms with van der Waals surface area (Å²) in [4.78, 5) is 55.0. The molecular weight excluding hydrogens is 414 g/mol. The van der Waals surface area contributed by atoms with Crippen molar-refractivity contribution in [2.75, 3.05) is 52.9 Å². The first-order chi connectivity index (χ1) is 15.3. The molecule has 2 fully saturated rings. The third-order valence-corrected chi connectivity index (χ3v) is 5.92. The lowest BCUT2D eigenvalue weighted by Crippen LogP contribution is -2.45. The summed E-state index contributed by atoms with van der Waals surface area (Å²) in [5.74, 6) is -0.144. The summed E-state index contributed by atoms with van der Waals surface area (Å²) in [7, 11) is 1.55. The van der Waals surface area contributed by atoms with Crippen LogP contribution >= 0.6 is 0 Å². The molecule has 0 aromatic heterocycles. The lowest BCUT2D eigenvalue weighted by Gasteiger charge is -2.25. The summed E-state index contributed by atoms with van der Waals surface area (Å²) in [6.07, 6.45) is 0.717. The van der Waals surface area contributed by atoms with E-state index in [9.17, 15) is 19.2 Å². The van der Waals surface area contributed by atoms with Crippen LogP contribution in [-0.2, 0) is 19.9 Å². The predicted molar refractivity (Wildman–Crippen MR) is 117 cm³/mol. The van der Waals surface area contributed by atoms with Crippen LogP contribution in [0, 0.1) is 0 Å². The van der Waals surface area contributed by atoms with Crippen LogP contribution in [0.15, 0.2) is 24.3 Å². The maximum Gasteiger partial charge on any atom is 0.325 e. The zero-order valence-electron chi connectivity index (χ0n) is 18.8.